The highest BCUT2D eigenvalue weighted by Crippen LogP contribution is 2.29. The summed E-state index contributed by atoms with van der Waals surface area (Å²) < 4.78 is 24.7. The largest absolute Gasteiger partial charge is 0.488 e. The van der Waals surface area contributed by atoms with E-state index in [-0.39, 0.29) is 24.1 Å². The molecule has 2 rings (SSSR count). The standard InChI is InChI=1S/C12H15BrFNO2/c1-2-16-12-10(15)6-11(12)17-7-3-4-9(14)8(13)5-7/h3-5,10-12H,2,6,15H2,1H3. The first-order chi connectivity index (χ1) is 8.11. The maximum absolute atomic E-state index is 13.0. The molecular formula is C12H15BrFNO2. The third-order valence-electron chi connectivity index (χ3n) is 2.83. The van der Waals surface area contributed by atoms with E-state index < -0.39 is 0 Å². The summed E-state index contributed by atoms with van der Waals surface area (Å²) in [5, 5.41) is 0. The first-order valence-corrected chi connectivity index (χ1v) is 6.40. The van der Waals surface area contributed by atoms with Gasteiger partial charge < -0.3 is 15.2 Å². The fourth-order valence-corrected chi connectivity index (χ4v) is 2.24. The molecular weight excluding hydrogens is 289 g/mol. The summed E-state index contributed by atoms with van der Waals surface area (Å²) in [6, 6.07) is 4.62. The Labute approximate surface area is 108 Å². The highest BCUT2D eigenvalue weighted by molar-refractivity contribution is 9.10. The van der Waals surface area contributed by atoms with Crippen LogP contribution in [0.2, 0.25) is 0 Å². The molecule has 3 nitrogen and oxygen atoms in total. The topological polar surface area (TPSA) is 44.5 Å². The van der Waals surface area contributed by atoms with Crippen LogP contribution >= 0.6 is 15.9 Å². The minimum absolute atomic E-state index is 0.0313. The molecule has 1 aromatic carbocycles. The highest BCUT2D eigenvalue weighted by atomic mass is 79.9. The van der Waals surface area contributed by atoms with Crippen molar-refractivity contribution in [3.8, 4) is 5.75 Å². The second-order valence-electron chi connectivity index (χ2n) is 4.05. The number of benzene rings is 1. The minimum atomic E-state index is -0.302. The third kappa shape index (κ3) is 2.78. The quantitative estimate of drug-likeness (QED) is 0.929. The Morgan fingerprint density at radius 3 is 2.88 bits per heavy atom. The van der Waals surface area contributed by atoms with Crippen LogP contribution in [0.15, 0.2) is 22.7 Å². The van der Waals surface area contributed by atoms with Gasteiger partial charge in [-0.2, -0.15) is 0 Å². The summed E-state index contributed by atoms with van der Waals surface area (Å²) in [5.74, 6) is 0.323. The summed E-state index contributed by atoms with van der Waals surface area (Å²) in [7, 11) is 0. The molecule has 94 valence electrons. The second-order valence-corrected chi connectivity index (χ2v) is 4.91. The van der Waals surface area contributed by atoms with Crippen LogP contribution in [0.4, 0.5) is 4.39 Å². The zero-order valence-electron chi connectivity index (χ0n) is 9.53. The molecule has 3 unspecified atom stereocenters. The van der Waals surface area contributed by atoms with Crippen molar-refractivity contribution in [3.63, 3.8) is 0 Å². The molecule has 0 aromatic heterocycles. The van der Waals surface area contributed by atoms with Gasteiger partial charge in [-0.25, -0.2) is 4.39 Å². The van der Waals surface area contributed by atoms with Gasteiger partial charge in [0.15, 0.2) is 0 Å². The van der Waals surface area contributed by atoms with Crippen molar-refractivity contribution in [1.29, 1.82) is 0 Å². The minimum Gasteiger partial charge on any atom is -0.488 e. The molecule has 1 saturated carbocycles. The fourth-order valence-electron chi connectivity index (χ4n) is 1.88. The molecule has 0 radical (unpaired) electrons. The molecule has 1 aliphatic carbocycles. The highest BCUT2D eigenvalue weighted by Gasteiger charge is 2.41. The molecule has 0 amide bonds. The molecule has 5 heteroatoms. The normalized spacial score (nSPS) is 27.6. The van der Waals surface area contributed by atoms with Gasteiger partial charge in [0.05, 0.1) is 4.47 Å². The van der Waals surface area contributed by atoms with Crippen LogP contribution in [0.1, 0.15) is 13.3 Å². The Bertz CT molecular complexity index is 402. The molecule has 1 aliphatic rings. The summed E-state index contributed by atoms with van der Waals surface area (Å²) in [4.78, 5) is 0. The lowest BCUT2D eigenvalue weighted by Crippen LogP contribution is -2.59. The van der Waals surface area contributed by atoms with Gasteiger partial charge in [-0.3, -0.25) is 0 Å². The van der Waals surface area contributed by atoms with Gasteiger partial charge in [0.25, 0.3) is 0 Å². The fraction of sp³-hybridized carbons (Fsp3) is 0.500. The lowest BCUT2D eigenvalue weighted by atomic mass is 9.86. The first-order valence-electron chi connectivity index (χ1n) is 5.60. The molecule has 0 aliphatic heterocycles. The molecule has 1 aromatic rings. The van der Waals surface area contributed by atoms with Gasteiger partial charge in [0.1, 0.15) is 23.8 Å². The Morgan fingerprint density at radius 2 is 2.29 bits per heavy atom. The van der Waals surface area contributed by atoms with E-state index in [1.54, 1.807) is 12.1 Å². The zero-order valence-corrected chi connectivity index (χ0v) is 11.1. The maximum atomic E-state index is 13.0. The number of rotatable bonds is 4. The number of ether oxygens (including phenoxy) is 2. The van der Waals surface area contributed by atoms with Crippen LogP contribution in [0.3, 0.4) is 0 Å². The molecule has 1 fully saturated rings. The molecule has 2 N–H and O–H groups in total. The Morgan fingerprint density at radius 1 is 1.53 bits per heavy atom. The van der Waals surface area contributed by atoms with E-state index >= 15 is 0 Å². The second kappa shape index (κ2) is 5.33. The predicted molar refractivity (Wildman–Crippen MR) is 66.5 cm³/mol. The zero-order chi connectivity index (χ0) is 12.4. The Balaban J connectivity index is 1.99. The molecule has 3 atom stereocenters. The third-order valence-corrected chi connectivity index (χ3v) is 3.44. The van der Waals surface area contributed by atoms with Crippen LogP contribution in [0.5, 0.6) is 5.75 Å². The van der Waals surface area contributed by atoms with E-state index in [4.69, 9.17) is 15.2 Å². The van der Waals surface area contributed by atoms with E-state index in [2.05, 4.69) is 15.9 Å². The van der Waals surface area contributed by atoms with Crippen LogP contribution in [0, 0.1) is 5.82 Å². The van der Waals surface area contributed by atoms with Crippen LogP contribution in [-0.4, -0.2) is 24.9 Å². The Hall–Kier alpha value is -0.650. The molecule has 0 saturated heterocycles. The van der Waals surface area contributed by atoms with E-state index in [9.17, 15) is 4.39 Å². The molecule has 0 spiro atoms. The average Bonchev–Trinajstić information content (AvgIpc) is 2.30. The maximum Gasteiger partial charge on any atom is 0.137 e. The molecule has 0 bridgehead atoms. The molecule has 0 heterocycles. The predicted octanol–water partition coefficient (Wildman–Crippen LogP) is 2.47. The number of nitrogens with two attached hydrogens (primary N) is 1. The summed E-state index contributed by atoms with van der Waals surface area (Å²) in [6.45, 7) is 2.54. The van der Waals surface area contributed by atoms with Crippen molar-refractivity contribution in [2.45, 2.75) is 31.6 Å². The average molecular weight is 304 g/mol. The molecule has 17 heavy (non-hydrogen) atoms. The lowest BCUT2D eigenvalue weighted by molar-refractivity contribution is -0.0945. The smallest absolute Gasteiger partial charge is 0.137 e. The SMILES string of the molecule is CCOC1C(N)CC1Oc1ccc(F)c(Br)c1. The Kier molecular flexibility index (Phi) is 4.01. The van der Waals surface area contributed by atoms with Gasteiger partial charge >= 0.3 is 0 Å². The number of hydrogen-bond donors (Lipinski definition) is 1. The van der Waals surface area contributed by atoms with Crippen LogP contribution < -0.4 is 10.5 Å². The van der Waals surface area contributed by atoms with E-state index in [0.717, 1.165) is 6.42 Å². The van der Waals surface area contributed by atoms with Crippen LogP contribution in [-0.2, 0) is 4.74 Å². The van der Waals surface area contributed by atoms with E-state index in [1.807, 2.05) is 6.92 Å². The van der Waals surface area contributed by atoms with Crippen molar-refractivity contribution >= 4 is 15.9 Å². The number of halogens is 2. The lowest BCUT2D eigenvalue weighted by Gasteiger charge is -2.41. The van der Waals surface area contributed by atoms with Crippen molar-refractivity contribution < 1.29 is 13.9 Å². The van der Waals surface area contributed by atoms with Gasteiger partial charge in [0.2, 0.25) is 0 Å². The summed E-state index contributed by atoms with van der Waals surface area (Å²) in [6.07, 6.45) is 0.658. The van der Waals surface area contributed by atoms with Crippen molar-refractivity contribution in [1.82, 2.24) is 0 Å². The van der Waals surface area contributed by atoms with Crippen LogP contribution in [0.25, 0.3) is 0 Å². The monoisotopic (exact) mass is 303 g/mol. The van der Waals surface area contributed by atoms with Crippen molar-refractivity contribution in [2.24, 2.45) is 5.73 Å². The van der Waals surface area contributed by atoms with Gasteiger partial charge in [-0.05, 0) is 41.1 Å². The summed E-state index contributed by atoms with van der Waals surface area (Å²) >= 11 is 3.12. The number of hydrogen-bond acceptors (Lipinski definition) is 3. The van der Waals surface area contributed by atoms with Crippen molar-refractivity contribution in [2.75, 3.05) is 6.61 Å². The van der Waals surface area contributed by atoms with E-state index in [1.165, 1.54) is 6.07 Å². The van der Waals surface area contributed by atoms with Gasteiger partial charge in [-0.15, -0.1) is 0 Å². The summed E-state index contributed by atoms with van der Waals surface area (Å²) in [5.41, 5.74) is 5.83. The van der Waals surface area contributed by atoms with Gasteiger partial charge in [0, 0.05) is 19.1 Å². The van der Waals surface area contributed by atoms with Gasteiger partial charge in [-0.1, -0.05) is 0 Å². The van der Waals surface area contributed by atoms with Crippen molar-refractivity contribution in [3.05, 3.63) is 28.5 Å². The first kappa shape index (κ1) is 12.8. The van der Waals surface area contributed by atoms with E-state index in [0.29, 0.717) is 16.8 Å².